The third kappa shape index (κ3) is 2.36. The van der Waals surface area contributed by atoms with E-state index in [-0.39, 0.29) is 0 Å². The highest BCUT2D eigenvalue weighted by Gasteiger charge is 2.12. The molecule has 0 radical (unpaired) electrons. The fraction of sp³-hybridized carbons (Fsp3) is 0. The van der Waals surface area contributed by atoms with Crippen molar-refractivity contribution in [1.82, 2.24) is 30.4 Å². The Morgan fingerprint density at radius 1 is 0.462 bits per heavy atom. The predicted octanol–water partition coefficient (Wildman–Crippen LogP) is 3.70. The number of benzene rings is 2. The molecule has 0 N–H and O–H groups in total. The summed E-state index contributed by atoms with van der Waals surface area (Å²) in [5.74, 6) is 0.900. The normalized spacial score (nSPS) is 11.1. The Kier molecular flexibility index (Phi) is 3.31. The fourth-order valence-corrected chi connectivity index (χ4v) is 3.03. The standard InChI is InChI=1S/C20H12N6/c1-3-7-15-13(5-1)9-21-11-17(15)19-23-25-20(26-24-19)18-12-22-10-14-6-2-4-8-16(14)18/h1-12H. The summed E-state index contributed by atoms with van der Waals surface area (Å²) in [7, 11) is 0. The van der Waals surface area contributed by atoms with Crippen LogP contribution in [-0.2, 0) is 0 Å². The zero-order chi connectivity index (χ0) is 17.3. The highest BCUT2D eigenvalue weighted by atomic mass is 15.3. The van der Waals surface area contributed by atoms with E-state index in [4.69, 9.17) is 0 Å². The SMILES string of the molecule is c1ccc2c(-c3nnc(-c4cncc5ccccc45)nn3)cncc2c1. The average molecular weight is 336 g/mol. The van der Waals surface area contributed by atoms with Crippen LogP contribution >= 0.6 is 0 Å². The van der Waals surface area contributed by atoms with Gasteiger partial charge in [-0.05, 0) is 10.8 Å². The first-order valence-corrected chi connectivity index (χ1v) is 8.14. The van der Waals surface area contributed by atoms with Crippen LogP contribution in [0.25, 0.3) is 44.3 Å². The van der Waals surface area contributed by atoms with Gasteiger partial charge in [-0.15, -0.1) is 20.4 Å². The van der Waals surface area contributed by atoms with Crippen molar-refractivity contribution >= 4 is 21.5 Å². The average Bonchev–Trinajstić information content (AvgIpc) is 2.73. The van der Waals surface area contributed by atoms with Crippen LogP contribution in [0, 0.1) is 0 Å². The summed E-state index contributed by atoms with van der Waals surface area (Å²) in [6.45, 7) is 0. The minimum atomic E-state index is 0.450. The second-order valence-electron chi connectivity index (χ2n) is 5.86. The number of aromatic nitrogens is 6. The summed E-state index contributed by atoms with van der Waals surface area (Å²) < 4.78 is 0. The lowest BCUT2D eigenvalue weighted by molar-refractivity contribution is 0.877. The molecule has 0 amide bonds. The van der Waals surface area contributed by atoms with E-state index in [0.717, 1.165) is 32.7 Å². The lowest BCUT2D eigenvalue weighted by Crippen LogP contribution is -2.00. The summed E-state index contributed by atoms with van der Waals surface area (Å²) in [4.78, 5) is 8.53. The molecule has 3 heterocycles. The number of rotatable bonds is 2. The van der Waals surface area contributed by atoms with Gasteiger partial charge >= 0.3 is 0 Å². The van der Waals surface area contributed by atoms with Gasteiger partial charge in [0, 0.05) is 46.7 Å². The van der Waals surface area contributed by atoms with Crippen LogP contribution in [0.5, 0.6) is 0 Å². The first kappa shape index (κ1) is 14.5. The van der Waals surface area contributed by atoms with Crippen molar-refractivity contribution in [2.75, 3.05) is 0 Å². The molecule has 0 aliphatic carbocycles. The molecule has 0 bridgehead atoms. The van der Waals surface area contributed by atoms with Gasteiger partial charge in [0.2, 0.25) is 11.6 Å². The van der Waals surface area contributed by atoms with Crippen molar-refractivity contribution in [3.8, 4) is 22.8 Å². The van der Waals surface area contributed by atoms with Crippen LogP contribution in [0.2, 0.25) is 0 Å². The number of hydrogen-bond donors (Lipinski definition) is 0. The van der Waals surface area contributed by atoms with Gasteiger partial charge in [-0.1, -0.05) is 48.5 Å². The number of fused-ring (bicyclic) bond motifs is 2. The quantitative estimate of drug-likeness (QED) is 0.489. The Balaban J connectivity index is 1.63. The van der Waals surface area contributed by atoms with E-state index in [1.165, 1.54) is 0 Å². The predicted molar refractivity (Wildman–Crippen MR) is 99.1 cm³/mol. The molecule has 122 valence electrons. The molecule has 5 aromatic rings. The molecule has 3 aromatic heterocycles. The molecule has 26 heavy (non-hydrogen) atoms. The maximum absolute atomic E-state index is 4.29. The van der Waals surface area contributed by atoms with Gasteiger partial charge in [0.05, 0.1) is 0 Å². The van der Waals surface area contributed by atoms with E-state index in [9.17, 15) is 0 Å². The van der Waals surface area contributed by atoms with Crippen LogP contribution in [0.4, 0.5) is 0 Å². The first-order valence-electron chi connectivity index (χ1n) is 8.14. The second-order valence-corrected chi connectivity index (χ2v) is 5.86. The summed E-state index contributed by atoms with van der Waals surface area (Å²) in [5.41, 5.74) is 1.62. The van der Waals surface area contributed by atoms with Crippen molar-refractivity contribution in [1.29, 1.82) is 0 Å². The van der Waals surface area contributed by atoms with Crippen LogP contribution in [0.15, 0.2) is 73.3 Å². The van der Waals surface area contributed by atoms with Crippen LogP contribution < -0.4 is 0 Å². The van der Waals surface area contributed by atoms with Gasteiger partial charge < -0.3 is 0 Å². The monoisotopic (exact) mass is 336 g/mol. The lowest BCUT2D eigenvalue weighted by atomic mass is 10.1. The van der Waals surface area contributed by atoms with E-state index >= 15 is 0 Å². The van der Waals surface area contributed by atoms with Gasteiger partial charge in [0.1, 0.15) is 0 Å². The first-order chi connectivity index (χ1) is 12.9. The topological polar surface area (TPSA) is 77.3 Å². The fourth-order valence-electron chi connectivity index (χ4n) is 3.03. The van der Waals surface area contributed by atoms with Gasteiger partial charge in [-0.25, -0.2) is 0 Å². The smallest absolute Gasteiger partial charge is 0.205 e. The van der Waals surface area contributed by atoms with Crippen LogP contribution in [-0.4, -0.2) is 30.4 Å². The number of hydrogen-bond acceptors (Lipinski definition) is 6. The molecular weight excluding hydrogens is 324 g/mol. The molecule has 0 fully saturated rings. The molecular formula is C20H12N6. The molecule has 5 rings (SSSR count). The molecule has 2 aromatic carbocycles. The van der Waals surface area contributed by atoms with E-state index in [1.807, 2.05) is 60.9 Å². The van der Waals surface area contributed by atoms with Crippen molar-refractivity contribution in [3.63, 3.8) is 0 Å². The number of pyridine rings is 2. The number of nitrogens with zero attached hydrogens (tertiary/aromatic N) is 6. The molecule has 0 saturated carbocycles. The van der Waals surface area contributed by atoms with E-state index in [2.05, 4.69) is 30.4 Å². The molecule has 6 nitrogen and oxygen atoms in total. The molecule has 0 saturated heterocycles. The van der Waals surface area contributed by atoms with E-state index in [0.29, 0.717) is 11.6 Å². The minimum absolute atomic E-state index is 0.450. The Hall–Kier alpha value is -3.80. The van der Waals surface area contributed by atoms with Crippen molar-refractivity contribution in [2.24, 2.45) is 0 Å². The van der Waals surface area contributed by atoms with Crippen molar-refractivity contribution < 1.29 is 0 Å². The Morgan fingerprint density at radius 2 is 0.885 bits per heavy atom. The molecule has 0 aliphatic rings. The highest BCUT2D eigenvalue weighted by molar-refractivity contribution is 5.95. The molecule has 0 atom stereocenters. The van der Waals surface area contributed by atoms with Crippen molar-refractivity contribution in [3.05, 3.63) is 73.3 Å². The molecule has 6 heteroatoms. The second kappa shape index (κ2) is 5.93. The summed E-state index contributed by atoms with van der Waals surface area (Å²) in [6.07, 6.45) is 7.10. The molecule has 0 aliphatic heterocycles. The lowest BCUT2D eigenvalue weighted by Gasteiger charge is -2.05. The third-order valence-electron chi connectivity index (χ3n) is 4.30. The maximum Gasteiger partial charge on any atom is 0.205 e. The van der Waals surface area contributed by atoms with Crippen molar-refractivity contribution in [2.45, 2.75) is 0 Å². The highest BCUT2D eigenvalue weighted by Crippen LogP contribution is 2.26. The Labute approximate surface area is 148 Å². The van der Waals surface area contributed by atoms with E-state index < -0.39 is 0 Å². The van der Waals surface area contributed by atoms with Gasteiger partial charge in [-0.3, -0.25) is 9.97 Å². The maximum atomic E-state index is 4.29. The van der Waals surface area contributed by atoms with Gasteiger partial charge in [0.25, 0.3) is 0 Å². The zero-order valence-electron chi connectivity index (χ0n) is 13.6. The largest absolute Gasteiger partial charge is 0.263 e. The summed E-state index contributed by atoms with van der Waals surface area (Å²) in [5, 5.41) is 21.2. The van der Waals surface area contributed by atoms with Crippen LogP contribution in [0.1, 0.15) is 0 Å². The molecule has 0 spiro atoms. The van der Waals surface area contributed by atoms with Crippen LogP contribution in [0.3, 0.4) is 0 Å². The molecule has 0 unspecified atom stereocenters. The van der Waals surface area contributed by atoms with E-state index in [1.54, 1.807) is 12.4 Å². The summed E-state index contributed by atoms with van der Waals surface area (Å²) in [6, 6.07) is 15.9. The van der Waals surface area contributed by atoms with Gasteiger partial charge in [-0.2, -0.15) is 0 Å². The van der Waals surface area contributed by atoms with Gasteiger partial charge in [0.15, 0.2) is 0 Å². The third-order valence-corrected chi connectivity index (χ3v) is 4.30. The zero-order valence-corrected chi connectivity index (χ0v) is 13.6. The summed E-state index contributed by atoms with van der Waals surface area (Å²) >= 11 is 0. The Morgan fingerprint density at radius 3 is 1.35 bits per heavy atom. The minimum Gasteiger partial charge on any atom is -0.263 e. The Bertz CT molecular complexity index is 1130.